The van der Waals surface area contributed by atoms with E-state index in [4.69, 9.17) is 5.73 Å². The maximum atomic E-state index is 12.0. The highest BCUT2D eigenvalue weighted by molar-refractivity contribution is 7.99. The normalized spacial score (nSPS) is 12.1. The third-order valence-electron chi connectivity index (χ3n) is 2.91. The Bertz CT molecular complexity index is 596. The van der Waals surface area contributed by atoms with Crippen molar-refractivity contribution in [2.45, 2.75) is 12.2 Å². The number of nitrogens with two attached hydrogens (primary N) is 1. The molecule has 0 spiro atoms. The molecule has 1 heterocycles. The van der Waals surface area contributed by atoms with Crippen LogP contribution in [0.4, 0.5) is 5.69 Å². The lowest BCUT2D eigenvalue weighted by Crippen LogP contribution is -2.29. The molecule has 1 amide bonds. The van der Waals surface area contributed by atoms with Crippen molar-refractivity contribution < 1.29 is 4.79 Å². The number of anilines is 1. The lowest BCUT2D eigenvalue weighted by atomic mass is 10.3. The van der Waals surface area contributed by atoms with E-state index in [0.717, 1.165) is 5.69 Å². The van der Waals surface area contributed by atoms with Gasteiger partial charge in [-0.05, 0) is 30.5 Å². The van der Waals surface area contributed by atoms with Gasteiger partial charge in [0.1, 0.15) is 0 Å². The van der Waals surface area contributed by atoms with Gasteiger partial charge in [-0.25, -0.2) is 4.68 Å². The van der Waals surface area contributed by atoms with Gasteiger partial charge >= 0.3 is 0 Å². The standard InChI is InChI=1S/C14H18N4OS/c1-10(20-2)9-16-14(19)13-6-7-18(17-13)12-5-3-4-11(15)8-12/h3-8,10H,9,15H2,1-2H3,(H,16,19). The number of carbonyl (C=O) groups is 1. The number of aromatic nitrogens is 2. The Morgan fingerprint density at radius 1 is 1.50 bits per heavy atom. The monoisotopic (exact) mass is 290 g/mol. The number of hydrogen-bond acceptors (Lipinski definition) is 4. The van der Waals surface area contributed by atoms with Gasteiger partial charge in [-0.1, -0.05) is 13.0 Å². The van der Waals surface area contributed by atoms with Crippen LogP contribution in [-0.4, -0.2) is 33.7 Å². The van der Waals surface area contributed by atoms with E-state index < -0.39 is 0 Å². The first-order chi connectivity index (χ1) is 9.60. The van der Waals surface area contributed by atoms with E-state index in [1.54, 1.807) is 28.7 Å². The van der Waals surface area contributed by atoms with Crippen molar-refractivity contribution in [2.24, 2.45) is 0 Å². The van der Waals surface area contributed by atoms with E-state index >= 15 is 0 Å². The van der Waals surface area contributed by atoms with Gasteiger partial charge in [-0.15, -0.1) is 0 Å². The first kappa shape index (κ1) is 14.5. The molecule has 3 N–H and O–H groups in total. The first-order valence-corrected chi connectivity index (χ1v) is 7.61. The number of thioether (sulfide) groups is 1. The highest BCUT2D eigenvalue weighted by Crippen LogP contribution is 2.11. The van der Waals surface area contributed by atoms with Crippen molar-refractivity contribution in [3.8, 4) is 5.69 Å². The molecule has 5 nitrogen and oxygen atoms in total. The number of nitrogens with one attached hydrogen (secondary N) is 1. The Labute approximate surface area is 122 Å². The molecule has 106 valence electrons. The maximum Gasteiger partial charge on any atom is 0.271 e. The molecule has 0 aliphatic carbocycles. The van der Waals surface area contributed by atoms with Crippen LogP contribution in [0, 0.1) is 0 Å². The summed E-state index contributed by atoms with van der Waals surface area (Å²) in [5, 5.41) is 7.52. The summed E-state index contributed by atoms with van der Waals surface area (Å²) in [7, 11) is 0. The summed E-state index contributed by atoms with van der Waals surface area (Å²) in [6, 6.07) is 9.06. The fourth-order valence-corrected chi connectivity index (χ4v) is 1.92. The van der Waals surface area contributed by atoms with Crippen molar-refractivity contribution >= 4 is 23.4 Å². The van der Waals surface area contributed by atoms with E-state index in [0.29, 0.717) is 23.2 Å². The van der Waals surface area contributed by atoms with E-state index in [-0.39, 0.29) is 5.91 Å². The van der Waals surface area contributed by atoms with E-state index in [2.05, 4.69) is 17.3 Å². The SMILES string of the molecule is CSC(C)CNC(=O)c1ccn(-c2cccc(N)c2)n1. The number of nitrogens with zero attached hydrogens (tertiary/aromatic N) is 2. The summed E-state index contributed by atoms with van der Waals surface area (Å²) in [5.41, 5.74) is 7.64. The molecule has 1 atom stereocenters. The van der Waals surface area contributed by atoms with Crippen LogP contribution >= 0.6 is 11.8 Å². The Balaban J connectivity index is 2.07. The Morgan fingerprint density at radius 3 is 3.00 bits per heavy atom. The number of benzene rings is 1. The Hall–Kier alpha value is -1.95. The molecule has 0 saturated carbocycles. The average molecular weight is 290 g/mol. The van der Waals surface area contributed by atoms with E-state index in [9.17, 15) is 4.79 Å². The second-order valence-corrected chi connectivity index (χ2v) is 5.77. The van der Waals surface area contributed by atoms with Crippen molar-refractivity contribution in [3.05, 3.63) is 42.2 Å². The Morgan fingerprint density at radius 2 is 2.30 bits per heavy atom. The topological polar surface area (TPSA) is 72.9 Å². The molecule has 2 rings (SSSR count). The molecule has 0 aliphatic heterocycles. The van der Waals surface area contributed by atoms with Crippen LogP contribution in [0.1, 0.15) is 17.4 Å². The molecule has 1 aromatic heterocycles. The third kappa shape index (κ3) is 3.54. The summed E-state index contributed by atoms with van der Waals surface area (Å²) >= 11 is 1.71. The number of hydrogen-bond donors (Lipinski definition) is 2. The van der Waals surface area contributed by atoms with E-state index in [1.807, 2.05) is 30.5 Å². The minimum Gasteiger partial charge on any atom is -0.399 e. The second-order valence-electron chi connectivity index (χ2n) is 4.50. The summed E-state index contributed by atoms with van der Waals surface area (Å²) in [6.45, 7) is 2.70. The lowest BCUT2D eigenvalue weighted by molar-refractivity contribution is 0.0948. The van der Waals surface area contributed by atoms with Crippen molar-refractivity contribution in [3.63, 3.8) is 0 Å². The maximum absolute atomic E-state index is 12.0. The fraction of sp³-hybridized carbons (Fsp3) is 0.286. The molecule has 2 aromatic rings. The molecule has 0 bridgehead atoms. The van der Waals surface area contributed by atoms with Crippen molar-refractivity contribution in [1.82, 2.24) is 15.1 Å². The molecular formula is C14H18N4OS. The Kier molecular flexibility index (Phi) is 4.68. The number of nitrogen functional groups attached to an aromatic ring is 1. The van der Waals surface area contributed by atoms with Crippen LogP contribution in [-0.2, 0) is 0 Å². The summed E-state index contributed by atoms with van der Waals surface area (Å²) in [4.78, 5) is 12.0. The van der Waals surface area contributed by atoms with Gasteiger partial charge in [0.2, 0.25) is 0 Å². The summed E-state index contributed by atoms with van der Waals surface area (Å²) in [5.74, 6) is -0.159. The molecule has 1 aromatic carbocycles. The van der Waals surface area contributed by atoms with Gasteiger partial charge in [0.05, 0.1) is 5.69 Å². The van der Waals surface area contributed by atoms with Crippen LogP contribution in [0.15, 0.2) is 36.5 Å². The van der Waals surface area contributed by atoms with Crippen LogP contribution in [0.5, 0.6) is 0 Å². The third-order valence-corrected chi connectivity index (χ3v) is 3.88. The number of rotatable bonds is 5. The number of carbonyl (C=O) groups excluding carboxylic acids is 1. The van der Waals surface area contributed by atoms with Gasteiger partial charge in [-0.2, -0.15) is 16.9 Å². The van der Waals surface area contributed by atoms with Gasteiger partial charge in [-0.3, -0.25) is 4.79 Å². The summed E-state index contributed by atoms with van der Waals surface area (Å²) < 4.78 is 1.64. The molecule has 6 heteroatoms. The summed E-state index contributed by atoms with van der Waals surface area (Å²) in [6.07, 6.45) is 3.77. The predicted molar refractivity (Wildman–Crippen MR) is 83.3 cm³/mol. The zero-order valence-electron chi connectivity index (χ0n) is 11.5. The highest BCUT2D eigenvalue weighted by atomic mass is 32.2. The molecule has 0 radical (unpaired) electrons. The van der Waals surface area contributed by atoms with Gasteiger partial charge in [0.15, 0.2) is 5.69 Å². The fourth-order valence-electron chi connectivity index (χ4n) is 1.67. The molecule has 20 heavy (non-hydrogen) atoms. The van der Waals surface area contributed by atoms with Crippen molar-refractivity contribution in [1.29, 1.82) is 0 Å². The smallest absolute Gasteiger partial charge is 0.271 e. The number of amides is 1. The quantitative estimate of drug-likeness (QED) is 0.825. The molecule has 0 fully saturated rings. The zero-order chi connectivity index (χ0) is 14.5. The molecule has 0 saturated heterocycles. The largest absolute Gasteiger partial charge is 0.399 e. The average Bonchev–Trinajstić information content (AvgIpc) is 2.94. The van der Waals surface area contributed by atoms with Gasteiger partial charge in [0.25, 0.3) is 5.91 Å². The first-order valence-electron chi connectivity index (χ1n) is 6.32. The highest BCUT2D eigenvalue weighted by Gasteiger charge is 2.11. The van der Waals surface area contributed by atoms with Crippen molar-refractivity contribution in [2.75, 3.05) is 18.5 Å². The lowest BCUT2D eigenvalue weighted by Gasteiger charge is -2.08. The minimum absolute atomic E-state index is 0.159. The molecular weight excluding hydrogens is 272 g/mol. The minimum atomic E-state index is -0.159. The van der Waals surface area contributed by atoms with Gasteiger partial charge in [0, 0.05) is 23.7 Å². The van der Waals surface area contributed by atoms with Crippen LogP contribution in [0.3, 0.4) is 0 Å². The molecule has 1 unspecified atom stereocenters. The van der Waals surface area contributed by atoms with Gasteiger partial charge < -0.3 is 11.1 Å². The zero-order valence-corrected chi connectivity index (χ0v) is 12.4. The predicted octanol–water partition coefficient (Wildman–Crippen LogP) is 1.94. The molecule has 0 aliphatic rings. The van der Waals surface area contributed by atoms with Crippen LogP contribution < -0.4 is 11.1 Å². The van der Waals surface area contributed by atoms with Crippen LogP contribution in [0.25, 0.3) is 5.69 Å². The second kappa shape index (κ2) is 6.47. The van der Waals surface area contributed by atoms with E-state index in [1.165, 1.54) is 0 Å². The van der Waals surface area contributed by atoms with Crippen LogP contribution in [0.2, 0.25) is 0 Å².